The SMILES string of the molecule is NC(CCOCC(F)F)Cc1ccc(F)c(Cl)c1. The lowest BCUT2D eigenvalue weighted by Crippen LogP contribution is -2.25. The van der Waals surface area contributed by atoms with Gasteiger partial charge in [0.05, 0.1) is 5.02 Å². The molecule has 0 heterocycles. The average molecular weight is 282 g/mol. The van der Waals surface area contributed by atoms with Crippen molar-refractivity contribution < 1.29 is 17.9 Å². The van der Waals surface area contributed by atoms with E-state index in [4.69, 9.17) is 22.1 Å². The van der Waals surface area contributed by atoms with Crippen molar-refractivity contribution in [1.82, 2.24) is 0 Å². The standard InChI is InChI=1S/C12H15ClF3NO/c13-10-6-8(1-2-11(10)14)5-9(17)3-4-18-7-12(15)16/h1-2,6,9,12H,3-5,7,17H2. The molecule has 0 aliphatic rings. The number of benzene rings is 1. The molecule has 18 heavy (non-hydrogen) atoms. The van der Waals surface area contributed by atoms with Crippen molar-refractivity contribution in [3.8, 4) is 0 Å². The first-order valence-electron chi connectivity index (χ1n) is 5.54. The Hall–Kier alpha value is -0.780. The minimum Gasteiger partial charge on any atom is -0.375 e. The highest BCUT2D eigenvalue weighted by molar-refractivity contribution is 6.30. The Morgan fingerprint density at radius 3 is 2.67 bits per heavy atom. The summed E-state index contributed by atoms with van der Waals surface area (Å²) in [7, 11) is 0. The number of halogens is 4. The van der Waals surface area contributed by atoms with E-state index in [0.29, 0.717) is 12.8 Å². The summed E-state index contributed by atoms with van der Waals surface area (Å²) in [5.74, 6) is -0.478. The fourth-order valence-electron chi connectivity index (χ4n) is 1.48. The summed E-state index contributed by atoms with van der Waals surface area (Å²) >= 11 is 5.64. The van der Waals surface area contributed by atoms with Crippen molar-refractivity contribution in [3.63, 3.8) is 0 Å². The van der Waals surface area contributed by atoms with E-state index in [1.807, 2.05) is 0 Å². The minimum absolute atomic E-state index is 0.0497. The molecule has 0 saturated heterocycles. The molecular formula is C12H15ClF3NO. The van der Waals surface area contributed by atoms with Crippen LogP contribution in [-0.2, 0) is 11.2 Å². The smallest absolute Gasteiger partial charge is 0.261 e. The van der Waals surface area contributed by atoms with E-state index in [-0.39, 0.29) is 17.7 Å². The molecule has 1 aromatic carbocycles. The van der Waals surface area contributed by atoms with Crippen LogP contribution in [0.3, 0.4) is 0 Å². The Morgan fingerprint density at radius 2 is 2.06 bits per heavy atom. The molecule has 1 aromatic rings. The lowest BCUT2D eigenvalue weighted by molar-refractivity contribution is 0.0153. The fraction of sp³-hybridized carbons (Fsp3) is 0.500. The maximum absolute atomic E-state index is 12.9. The lowest BCUT2D eigenvalue weighted by atomic mass is 10.0. The van der Waals surface area contributed by atoms with Gasteiger partial charge in [0.15, 0.2) is 0 Å². The molecule has 0 aliphatic heterocycles. The molecular weight excluding hydrogens is 267 g/mol. The second-order valence-electron chi connectivity index (χ2n) is 3.97. The van der Waals surface area contributed by atoms with Crippen LogP contribution in [0.1, 0.15) is 12.0 Å². The van der Waals surface area contributed by atoms with E-state index in [9.17, 15) is 13.2 Å². The van der Waals surface area contributed by atoms with Crippen LogP contribution in [0.2, 0.25) is 5.02 Å². The molecule has 6 heteroatoms. The Balaban J connectivity index is 2.31. The molecule has 0 amide bonds. The summed E-state index contributed by atoms with van der Waals surface area (Å²) in [6.07, 6.45) is -1.50. The molecule has 1 atom stereocenters. The van der Waals surface area contributed by atoms with Gasteiger partial charge in [0.25, 0.3) is 6.43 Å². The van der Waals surface area contributed by atoms with Crippen molar-refractivity contribution >= 4 is 11.6 Å². The predicted octanol–water partition coefficient (Wildman–Crippen LogP) is 3.02. The number of nitrogens with two attached hydrogens (primary N) is 1. The van der Waals surface area contributed by atoms with Crippen molar-refractivity contribution in [3.05, 3.63) is 34.6 Å². The maximum atomic E-state index is 12.9. The monoisotopic (exact) mass is 281 g/mol. The summed E-state index contributed by atoms with van der Waals surface area (Å²) in [6, 6.07) is 4.15. The van der Waals surface area contributed by atoms with Crippen LogP contribution in [0.15, 0.2) is 18.2 Å². The quantitative estimate of drug-likeness (QED) is 0.780. The molecule has 0 fully saturated rings. The molecule has 0 spiro atoms. The average Bonchev–Trinajstić information content (AvgIpc) is 2.29. The summed E-state index contributed by atoms with van der Waals surface area (Å²) in [5.41, 5.74) is 6.61. The minimum atomic E-state index is -2.46. The molecule has 0 aliphatic carbocycles. The van der Waals surface area contributed by atoms with Crippen LogP contribution in [-0.4, -0.2) is 25.7 Å². The van der Waals surface area contributed by atoms with Crippen LogP contribution in [0.4, 0.5) is 13.2 Å². The van der Waals surface area contributed by atoms with Gasteiger partial charge in [-0.2, -0.15) is 0 Å². The summed E-state index contributed by atoms with van der Waals surface area (Å²) in [6.45, 7) is -0.393. The zero-order valence-electron chi connectivity index (χ0n) is 9.71. The van der Waals surface area contributed by atoms with Gasteiger partial charge >= 0.3 is 0 Å². The first-order valence-corrected chi connectivity index (χ1v) is 5.92. The zero-order valence-corrected chi connectivity index (χ0v) is 10.5. The van der Waals surface area contributed by atoms with Crippen LogP contribution < -0.4 is 5.73 Å². The van der Waals surface area contributed by atoms with Gasteiger partial charge in [-0.15, -0.1) is 0 Å². The summed E-state index contributed by atoms with van der Waals surface area (Å²) in [4.78, 5) is 0. The van der Waals surface area contributed by atoms with E-state index in [2.05, 4.69) is 0 Å². The van der Waals surface area contributed by atoms with Crippen LogP contribution in [0.25, 0.3) is 0 Å². The summed E-state index contributed by atoms with van der Waals surface area (Å²) in [5, 5.41) is 0.0497. The van der Waals surface area contributed by atoms with Gasteiger partial charge < -0.3 is 10.5 Å². The van der Waals surface area contributed by atoms with E-state index in [1.165, 1.54) is 12.1 Å². The number of ether oxygens (including phenoxy) is 1. The first kappa shape index (κ1) is 15.3. The van der Waals surface area contributed by atoms with Gasteiger partial charge in [-0.25, -0.2) is 13.2 Å². The third kappa shape index (κ3) is 5.71. The topological polar surface area (TPSA) is 35.2 Å². The van der Waals surface area contributed by atoms with E-state index >= 15 is 0 Å². The van der Waals surface area contributed by atoms with Crippen molar-refractivity contribution in [1.29, 1.82) is 0 Å². The van der Waals surface area contributed by atoms with Gasteiger partial charge in [0.2, 0.25) is 0 Å². The van der Waals surface area contributed by atoms with Gasteiger partial charge in [-0.05, 0) is 30.5 Å². The van der Waals surface area contributed by atoms with Crippen LogP contribution >= 0.6 is 11.6 Å². The Kier molecular flexibility index (Phi) is 6.46. The molecule has 1 unspecified atom stereocenters. The highest BCUT2D eigenvalue weighted by atomic mass is 35.5. The third-order valence-electron chi connectivity index (χ3n) is 2.36. The van der Waals surface area contributed by atoms with Gasteiger partial charge in [0.1, 0.15) is 12.4 Å². The number of hydrogen-bond acceptors (Lipinski definition) is 2. The van der Waals surface area contributed by atoms with E-state index < -0.39 is 18.8 Å². The highest BCUT2D eigenvalue weighted by Crippen LogP contribution is 2.17. The normalized spacial score (nSPS) is 13.0. The molecule has 0 saturated carbocycles. The number of hydrogen-bond donors (Lipinski definition) is 1. The van der Waals surface area contributed by atoms with Crippen LogP contribution in [0, 0.1) is 5.82 Å². The van der Waals surface area contributed by atoms with Crippen molar-refractivity contribution in [2.45, 2.75) is 25.3 Å². The number of alkyl halides is 2. The van der Waals surface area contributed by atoms with Crippen molar-refractivity contribution in [2.24, 2.45) is 5.73 Å². The largest absolute Gasteiger partial charge is 0.375 e. The molecule has 0 radical (unpaired) electrons. The fourth-order valence-corrected chi connectivity index (χ4v) is 1.68. The first-order chi connectivity index (χ1) is 8.49. The van der Waals surface area contributed by atoms with Gasteiger partial charge in [0, 0.05) is 12.6 Å². The molecule has 1 rings (SSSR count). The van der Waals surface area contributed by atoms with Gasteiger partial charge in [-0.1, -0.05) is 17.7 Å². The molecule has 0 bridgehead atoms. The molecule has 102 valence electrons. The maximum Gasteiger partial charge on any atom is 0.261 e. The second-order valence-corrected chi connectivity index (χ2v) is 4.37. The number of rotatable bonds is 7. The van der Waals surface area contributed by atoms with Gasteiger partial charge in [-0.3, -0.25) is 0 Å². The predicted molar refractivity (Wildman–Crippen MR) is 64.5 cm³/mol. The molecule has 2 N–H and O–H groups in total. The second kappa shape index (κ2) is 7.61. The summed E-state index contributed by atoms with van der Waals surface area (Å²) < 4.78 is 41.2. The molecule has 0 aromatic heterocycles. The van der Waals surface area contributed by atoms with E-state index in [1.54, 1.807) is 6.07 Å². The lowest BCUT2D eigenvalue weighted by Gasteiger charge is -2.12. The Bertz CT molecular complexity index is 376. The van der Waals surface area contributed by atoms with Crippen LogP contribution in [0.5, 0.6) is 0 Å². The highest BCUT2D eigenvalue weighted by Gasteiger charge is 2.08. The Morgan fingerprint density at radius 1 is 1.33 bits per heavy atom. The third-order valence-corrected chi connectivity index (χ3v) is 2.65. The van der Waals surface area contributed by atoms with E-state index in [0.717, 1.165) is 5.56 Å². The zero-order chi connectivity index (χ0) is 13.5. The Labute approximate surface area is 109 Å². The van der Waals surface area contributed by atoms with Crippen molar-refractivity contribution in [2.75, 3.05) is 13.2 Å². The molecule has 2 nitrogen and oxygen atoms in total.